The Balaban J connectivity index is 1.57. The normalized spacial score (nSPS) is 29.4. The molecule has 2 aliphatic carbocycles. The first kappa shape index (κ1) is 20.6. The van der Waals surface area contributed by atoms with Crippen molar-refractivity contribution in [2.24, 2.45) is 5.92 Å². The zero-order chi connectivity index (χ0) is 19.4. The summed E-state index contributed by atoms with van der Waals surface area (Å²) in [6, 6.07) is 8.11. The van der Waals surface area contributed by atoms with E-state index in [0.717, 1.165) is 62.5 Å². The number of benzene rings is 1. The van der Waals surface area contributed by atoms with Gasteiger partial charge < -0.3 is 15.3 Å². The number of hydrogen-bond donors (Lipinski definition) is 3. The van der Waals surface area contributed by atoms with Crippen LogP contribution >= 0.6 is 11.6 Å². The fourth-order valence-electron chi connectivity index (χ4n) is 4.72. The Labute approximate surface area is 166 Å². The van der Waals surface area contributed by atoms with Crippen molar-refractivity contribution in [2.75, 3.05) is 0 Å². The van der Waals surface area contributed by atoms with Crippen molar-refractivity contribution in [3.8, 4) is 0 Å². The molecule has 0 spiro atoms. The monoisotopic (exact) mass is 394 g/mol. The smallest absolute Gasteiger partial charge is 0.303 e. The quantitative estimate of drug-likeness (QED) is 0.424. The summed E-state index contributed by atoms with van der Waals surface area (Å²) in [5, 5.41) is 29.7. The van der Waals surface area contributed by atoms with Gasteiger partial charge in [-0.25, -0.2) is 0 Å². The van der Waals surface area contributed by atoms with E-state index < -0.39 is 17.7 Å². The van der Waals surface area contributed by atoms with E-state index in [1.165, 1.54) is 0 Å². The molecule has 150 valence electrons. The number of carbonyl (C=O) groups is 1. The first-order valence-corrected chi connectivity index (χ1v) is 10.7. The second kappa shape index (κ2) is 8.93. The zero-order valence-electron chi connectivity index (χ0n) is 15.8. The molecule has 0 heterocycles. The minimum atomic E-state index is -0.732. The summed E-state index contributed by atoms with van der Waals surface area (Å²) in [7, 11) is 0. The largest absolute Gasteiger partial charge is 0.481 e. The van der Waals surface area contributed by atoms with Crippen molar-refractivity contribution in [1.29, 1.82) is 0 Å². The van der Waals surface area contributed by atoms with Crippen LogP contribution in [0.3, 0.4) is 0 Å². The number of unbranched alkanes of at least 4 members (excludes halogenated alkanes) is 3. The van der Waals surface area contributed by atoms with Gasteiger partial charge in [0.2, 0.25) is 0 Å². The van der Waals surface area contributed by atoms with Crippen LogP contribution in [0.5, 0.6) is 0 Å². The predicted octanol–water partition coefficient (Wildman–Crippen LogP) is 4.56. The summed E-state index contributed by atoms with van der Waals surface area (Å²) in [6.45, 7) is 0. The molecule has 0 amide bonds. The van der Waals surface area contributed by atoms with Gasteiger partial charge in [-0.2, -0.15) is 0 Å². The summed E-state index contributed by atoms with van der Waals surface area (Å²) in [6.07, 6.45) is 7.76. The molecule has 2 saturated carbocycles. The topological polar surface area (TPSA) is 77.8 Å². The predicted molar refractivity (Wildman–Crippen MR) is 106 cm³/mol. The Bertz CT molecular complexity index is 626. The van der Waals surface area contributed by atoms with E-state index in [1.54, 1.807) is 0 Å². The Morgan fingerprint density at radius 3 is 2.37 bits per heavy atom. The van der Waals surface area contributed by atoms with E-state index in [0.29, 0.717) is 6.42 Å². The molecular weight excluding hydrogens is 364 g/mol. The van der Waals surface area contributed by atoms with Gasteiger partial charge in [-0.3, -0.25) is 4.79 Å². The third kappa shape index (κ3) is 4.85. The third-order valence-electron chi connectivity index (χ3n) is 6.50. The lowest BCUT2D eigenvalue weighted by Crippen LogP contribution is -2.33. The van der Waals surface area contributed by atoms with E-state index in [4.69, 9.17) is 16.7 Å². The SMILES string of the molecule is O=C(O)CCCCCC[C@@H]1C(c2ccc(C3(O)CCC3)cc2)C(O)C[C@H]1Cl. The number of aliphatic carboxylic acids is 1. The molecule has 2 aliphatic rings. The van der Waals surface area contributed by atoms with Crippen LogP contribution in [0.15, 0.2) is 24.3 Å². The van der Waals surface area contributed by atoms with Gasteiger partial charge in [-0.1, -0.05) is 43.5 Å². The van der Waals surface area contributed by atoms with Gasteiger partial charge >= 0.3 is 5.97 Å². The molecule has 2 fully saturated rings. The maximum atomic E-state index is 10.6. The molecule has 1 aromatic rings. The van der Waals surface area contributed by atoms with Gasteiger partial charge in [-0.15, -0.1) is 11.6 Å². The Kier molecular flexibility index (Phi) is 6.83. The molecule has 0 radical (unpaired) electrons. The second-order valence-corrected chi connectivity index (χ2v) is 8.92. The van der Waals surface area contributed by atoms with Crippen LogP contribution in [-0.2, 0) is 10.4 Å². The number of aliphatic hydroxyl groups excluding tert-OH is 1. The van der Waals surface area contributed by atoms with Crippen molar-refractivity contribution in [1.82, 2.24) is 0 Å². The van der Waals surface area contributed by atoms with E-state index >= 15 is 0 Å². The van der Waals surface area contributed by atoms with Gasteiger partial charge in [0.05, 0.1) is 11.7 Å². The summed E-state index contributed by atoms with van der Waals surface area (Å²) in [4.78, 5) is 10.6. The number of aliphatic hydroxyl groups is 2. The molecule has 1 aromatic carbocycles. The van der Waals surface area contributed by atoms with Crippen LogP contribution in [0.4, 0.5) is 0 Å². The van der Waals surface area contributed by atoms with E-state index in [9.17, 15) is 15.0 Å². The molecular formula is C22H31ClO4. The van der Waals surface area contributed by atoms with Crippen molar-refractivity contribution >= 4 is 17.6 Å². The van der Waals surface area contributed by atoms with Crippen molar-refractivity contribution in [3.63, 3.8) is 0 Å². The highest BCUT2D eigenvalue weighted by molar-refractivity contribution is 6.21. The maximum Gasteiger partial charge on any atom is 0.303 e. The highest BCUT2D eigenvalue weighted by atomic mass is 35.5. The maximum absolute atomic E-state index is 10.6. The summed E-state index contributed by atoms with van der Waals surface area (Å²) in [5.74, 6) is -0.458. The lowest BCUT2D eigenvalue weighted by Gasteiger charge is -2.37. The molecule has 5 heteroatoms. The molecule has 0 bridgehead atoms. The summed E-state index contributed by atoms with van der Waals surface area (Å²) >= 11 is 6.56. The van der Waals surface area contributed by atoms with Crippen molar-refractivity contribution in [3.05, 3.63) is 35.4 Å². The number of halogens is 1. The fourth-order valence-corrected chi connectivity index (χ4v) is 5.18. The second-order valence-electron chi connectivity index (χ2n) is 8.36. The zero-order valence-corrected chi connectivity index (χ0v) is 16.6. The molecule has 27 heavy (non-hydrogen) atoms. The highest BCUT2D eigenvalue weighted by Gasteiger charge is 2.42. The van der Waals surface area contributed by atoms with Gasteiger partial charge in [0.15, 0.2) is 0 Å². The van der Waals surface area contributed by atoms with E-state index in [1.807, 2.05) is 24.3 Å². The van der Waals surface area contributed by atoms with Gasteiger partial charge in [0, 0.05) is 17.7 Å². The minimum absolute atomic E-state index is 0.0282. The number of hydrogen-bond acceptors (Lipinski definition) is 3. The first-order valence-electron chi connectivity index (χ1n) is 10.3. The lowest BCUT2D eigenvalue weighted by atomic mass is 9.74. The Morgan fingerprint density at radius 1 is 1.11 bits per heavy atom. The first-order chi connectivity index (χ1) is 12.9. The number of carboxylic acid groups (broad SMARTS) is 1. The fraction of sp³-hybridized carbons (Fsp3) is 0.682. The van der Waals surface area contributed by atoms with Crippen LogP contribution in [-0.4, -0.2) is 32.8 Å². The molecule has 4 atom stereocenters. The van der Waals surface area contributed by atoms with Crippen molar-refractivity contribution in [2.45, 2.75) is 87.2 Å². The number of alkyl halides is 1. The molecule has 3 rings (SSSR count). The number of carboxylic acids is 1. The van der Waals surface area contributed by atoms with Crippen LogP contribution in [0.25, 0.3) is 0 Å². The van der Waals surface area contributed by atoms with Crippen LogP contribution in [0.2, 0.25) is 0 Å². The molecule has 3 N–H and O–H groups in total. The summed E-state index contributed by atoms with van der Waals surface area (Å²) < 4.78 is 0. The molecule has 2 unspecified atom stereocenters. The van der Waals surface area contributed by atoms with Crippen LogP contribution < -0.4 is 0 Å². The van der Waals surface area contributed by atoms with Crippen molar-refractivity contribution < 1.29 is 20.1 Å². The third-order valence-corrected chi connectivity index (χ3v) is 7.00. The van der Waals surface area contributed by atoms with E-state index in [2.05, 4.69) is 0 Å². The van der Waals surface area contributed by atoms with Gasteiger partial charge in [0.25, 0.3) is 0 Å². The van der Waals surface area contributed by atoms with Gasteiger partial charge in [0.1, 0.15) is 0 Å². The number of rotatable bonds is 9. The standard InChI is InChI=1S/C22H31ClO4/c23-18-14-19(24)21(17(18)6-3-1-2-4-7-20(25)26)15-8-10-16(11-9-15)22(27)12-5-13-22/h8-11,17-19,21,24,27H,1-7,12-14H2,(H,25,26)/t17-,18+,19?,21?/m0/s1. The Hall–Kier alpha value is -1.10. The van der Waals surface area contributed by atoms with Crippen LogP contribution in [0, 0.1) is 5.92 Å². The molecule has 0 aromatic heterocycles. The average Bonchev–Trinajstić information content (AvgIpc) is 2.89. The van der Waals surface area contributed by atoms with E-state index in [-0.39, 0.29) is 23.6 Å². The Morgan fingerprint density at radius 2 is 1.78 bits per heavy atom. The minimum Gasteiger partial charge on any atom is -0.481 e. The average molecular weight is 395 g/mol. The van der Waals surface area contributed by atoms with Crippen LogP contribution in [0.1, 0.15) is 81.3 Å². The molecule has 4 nitrogen and oxygen atoms in total. The summed E-state index contributed by atoms with van der Waals surface area (Å²) in [5.41, 5.74) is 1.42. The molecule has 0 aliphatic heterocycles. The molecule has 0 saturated heterocycles. The van der Waals surface area contributed by atoms with Gasteiger partial charge in [-0.05, 0) is 55.6 Å². The highest BCUT2D eigenvalue weighted by Crippen LogP contribution is 2.46. The lowest BCUT2D eigenvalue weighted by molar-refractivity contribution is -0.137.